The van der Waals surface area contributed by atoms with Crippen LogP contribution in [0.3, 0.4) is 0 Å². The highest BCUT2D eigenvalue weighted by atomic mass is 16.5. The number of methoxy groups -OCH3 is 1. The van der Waals surface area contributed by atoms with Gasteiger partial charge in [-0.25, -0.2) is 0 Å². The van der Waals surface area contributed by atoms with Gasteiger partial charge >= 0.3 is 0 Å². The quantitative estimate of drug-likeness (QED) is 0.706. The van der Waals surface area contributed by atoms with Gasteiger partial charge in [0, 0.05) is 20.2 Å². The van der Waals surface area contributed by atoms with Crippen LogP contribution in [0.2, 0.25) is 0 Å². The number of likely N-dealkylation sites (tertiary alicyclic amines) is 1. The number of carbonyl (C=O) groups excluding carboxylic acids is 1. The number of nitrogens with one attached hydrogen (secondary N) is 1. The van der Waals surface area contributed by atoms with Gasteiger partial charge in [-0.15, -0.1) is 0 Å². The predicted molar refractivity (Wildman–Crippen MR) is 55.2 cm³/mol. The third kappa shape index (κ3) is 2.96. The smallest absolute Gasteiger partial charge is 0.239 e. The molecule has 1 aliphatic rings. The molecule has 0 saturated carbocycles. The van der Waals surface area contributed by atoms with Crippen LogP contribution in [0.4, 0.5) is 0 Å². The minimum atomic E-state index is 0.00866. The maximum absolute atomic E-state index is 11.9. The van der Waals surface area contributed by atoms with Crippen LogP contribution in [-0.4, -0.2) is 50.7 Å². The Kier molecular flexibility index (Phi) is 4.90. The Balaban J connectivity index is 2.49. The Bertz CT molecular complexity index is 185. The number of hydrogen-bond donors (Lipinski definition) is 1. The van der Waals surface area contributed by atoms with Crippen LogP contribution >= 0.6 is 0 Å². The third-order valence-electron chi connectivity index (χ3n) is 2.69. The monoisotopic (exact) mass is 200 g/mol. The molecule has 1 aliphatic heterocycles. The summed E-state index contributed by atoms with van der Waals surface area (Å²) >= 11 is 0. The zero-order valence-electron chi connectivity index (χ0n) is 9.08. The van der Waals surface area contributed by atoms with Gasteiger partial charge in [-0.2, -0.15) is 0 Å². The van der Waals surface area contributed by atoms with E-state index in [2.05, 4.69) is 5.32 Å². The fraction of sp³-hybridized carbons (Fsp3) is 0.900. The molecule has 1 saturated heterocycles. The number of carbonyl (C=O) groups is 1. The summed E-state index contributed by atoms with van der Waals surface area (Å²) in [7, 11) is 3.51. The van der Waals surface area contributed by atoms with Crippen molar-refractivity contribution in [3.8, 4) is 0 Å². The Morgan fingerprint density at radius 2 is 2.36 bits per heavy atom. The second-order valence-corrected chi connectivity index (χ2v) is 3.66. The van der Waals surface area contributed by atoms with Gasteiger partial charge in [0.25, 0.3) is 0 Å². The van der Waals surface area contributed by atoms with E-state index in [1.807, 2.05) is 11.9 Å². The molecular weight excluding hydrogens is 180 g/mol. The van der Waals surface area contributed by atoms with E-state index in [0.29, 0.717) is 13.2 Å². The molecule has 82 valence electrons. The molecule has 0 bridgehead atoms. The second kappa shape index (κ2) is 5.98. The highest BCUT2D eigenvalue weighted by Crippen LogP contribution is 2.11. The molecule has 0 aromatic heterocycles. The first-order valence-corrected chi connectivity index (χ1v) is 5.24. The molecule has 0 spiro atoms. The molecule has 14 heavy (non-hydrogen) atoms. The van der Waals surface area contributed by atoms with Gasteiger partial charge in [0.1, 0.15) is 0 Å². The predicted octanol–water partition coefficient (Wildman–Crippen LogP) is 0.233. The first kappa shape index (κ1) is 11.5. The SMILES string of the molecule is CN[C@H]1CCCCN(CCOC)C1=O. The molecule has 4 nitrogen and oxygen atoms in total. The molecule has 1 N–H and O–H groups in total. The lowest BCUT2D eigenvalue weighted by Crippen LogP contribution is -2.45. The van der Waals surface area contributed by atoms with Crippen LogP contribution in [0.1, 0.15) is 19.3 Å². The minimum Gasteiger partial charge on any atom is -0.383 e. The van der Waals surface area contributed by atoms with Gasteiger partial charge < -0.3 is 15.0 Å². The van der Waals surface area contributed by atoms with Crippen LogP contribution < -0.4 is 5.32 Å². The summed E-state index contributed by atoms with van der Waals surface area (Å²) in [5, 5.41) is 3.07. The number of hydrogen-bond acceptors (Lipinski definition) is 3. The zero-order valence-corrected chi connectivity index (χ0v) is 9.08. The maximum Gasteiger partial charge on any atom is 0.239 e. The number of rotatable bonds is 4. The van der Waals surface area contributed by atoms with Crippen molar-refractivity contribution in [2.45, 2.75) is 25.3 Å². The standard InChI is InChI=1S/C10H20N2O2/c1-11-9-5-3-4-6-12(10(9)13)7-8-14-2/h9,11H,3-8H2,1-2H3/t9-/m0/s1. The molecule has 0 radical (unpaired) electrons. The van der Waals surface area contributed by atoms with Gasteiger partial charge in [0.05, 0.1) is 12.6 Å². The highest BCUT2D eigenvalue weighted by Gasteiger charge is 2.24. The van der Waals surface area contributed by atoms with Crippen molar-refractivity contribution in [1.82, 2.24) is 10.2 Å². The van der Waals surface area contributed by atoms with Gasteiger partial charge in [0.2, 0.25) is 5.91 Å². The lowest BCUT2D eigenvalue weighted by atomic mass is 10.1. The normalized spacial score (nSPS) is 23.7. The van der Waals surface area contributed by atoms with E-state index < -0.39 is 0 Å². The molecule has 1 heterocycles. The van der Waals surface area contributed by atoms with Crippen molar-refractivity contribution >= 4 is 5.91 Å². The summed E-state index contributed by atoms with van der Waals surface area (Å²) in [5.41, 5.74) is 0. The fourth-order valence-electron chi connectivity index (χ4n) is 1.80. The average molecular weight is 200 g/mol. The minimum absolute atomic E-state index is 0.00866. The number of ether oxygens (including phenoxy) is 1. The molecule has 1 atom stereocenters. The van der Waals surface area contributed by atoms with Crippen molar-refractivity contribution in [2.24, 2.45) is 0 Å². The van der Waals surface area contributed by atoms with E-state index in [-0.39, 0.29) is 11.9 Å². The van der Waals surface area contributed by atoms with Crippen molar-refractivity contribution in [1.29, 1.82) is 0 Å². The van der Waals surface area contributed by atoms with E-state index in [0.717, 1.165) is 25.8 Å². The Hall–Kier alpha value is -0.610. The lowest BCUT2D eigenvalue weighted by molar-refractivity contribution is -0.133. The first-order valence-electron chi connectivity index (χ1n) is 5.24. The molecule has 0 aliphatic carbocycles. The number of nitrogens with zero attached hydrogens (tertiary/aromatic N) is 1. The van der Waals surface area contributed by atoms with E-state index in [4.69, 9.17) is 4.74 Å². The molecule has 4 heteroatoms. The van der Waals surface area contributed by atoms with Crippen molar-refractivity contribution in [2.75, 3.05) is 33.9 Å². The summed E-state index contributed by atoms with van der Waals surface area (Å²) in [5.74, 6) is 0.224. The Morgan fingerprint density at radius 3 is 3.00 bits per heavy atom. The summed E-state index contributed by atoms with van der Waals surface area (Å²) in [4.78, 5) is 13.8. The summed E-state index contributed by atoms with van der Waals surface area (Å²) in [6.07, 6.45) is 3.19. The summed E-state index contributed by atoms with van der Waals surface area (Å²) < 4.78 is 4.99. The van der Waals surface area contributed by atoms with E-state index in [1.165, 1.54) is 0 Å². The van der Waals surface area contributed by atoms with E-state index in [9.17, 15) is 4.79 Å². The molecular formula is C10H20N2O2. The molecule has 1 fully saturated rings. The van der Waals surface area contributed by atoms with E-state index >= 15 is 0 Å². The third-order valence-corrected chi connectivity index (χ3v) is 2.69. The largest absolute Gasteiger partial charge is 0.383 e. The average Bonchev–Trinajstić information content (AvgIpc) is 2.38. The second-order valence-electron chi connectivity index (χ2n) is 3.66. The molecule has 0 aromatic rings. The number of amides is 1. The van der Waals surface area contributed by atoms with Crippen LogP contribution in [0.5, 0.6) is 0 Å². The topological polar surface area (TPSA) is 41.6 Å². The zero-order chi connectivity index (χ0) is 10.4. The van der Waals surface area contributed by atoms with Crippen molar-refractivity contribution < 1.29 is 9.53 Å². The summed E-state index contributed by atoms with van der Waals surface area (Å²) in [6.45, 7) is 2.22. The van der Waals surface area contributed by atoms with Gasteiger partial charge in [-0.1, -0.05) is 0 Å². The highest BCUT2D eigenvalue weighted by molar-refractivity contribution is 5.82. The molecule has 1 rings (SSSR count). The van der Waals surface area contributed by atoms with Crippen molar-refractivity contribution in [3.63, 3.8) is 0 Å². The van der Waals surface area contributed by atoms with Crippen LogP contribution in [-0.2, 0) is 9.53 Å². The summed E-state index contributed by atoms with van der Waals surface area (Å²) in [6, 6.07) is 0.00866. The fourth-order valence-corrected chi connectivity index (χ4v) is 1.80. The molecule has 0 unspecified atom stereocenters. The Labute approximate surface area is 85.6 Å². The van der Waals surface area contributed by atoms with Gasteiger partial charge in [-0.05, 0) is 26.3 Å². The maximum atomic E-state index is 11.9. The van der Waals surface area contributed by atoms with Gasteiger partial charge in [0.15, 0.2) is 0 Å². The Morgan fingerprint density at radius 1 is 1.57 bits per heavy atom. The first-order chi connectivity index (χ1) is 6.79. The van der Waals surface area contributed by atoms with Crippen LogP contribution in [0, 0.1) is 0 Å². The van der Waals surface area contributed by atoms with Crippen molar-refractivity contribution in [3.05, 3.63) is 0 Å². The molecule has 1 amide bonds. The van der Waals surface area contributed by atoms with Gasteiger partial charge in [-0.3, -0.25) is 4.79 Å². The lowest BCUT2D eigenvalue weighted by Gasteiger charge is -2.23. The van der Waals surface area contributed by atoms with Crippen LogP contribution in [0.15, 0.2) is 0 Å². The molecule has 0 aromatic carbocycles. The van der Waals surface area contributed by atoms with E-state index in [1.54, 1.807) is 7.11 Å². The number of likely N-dealkylation sites (N-methyl/N-ethyl adjacent to an activating group) is 1. The van der Waals surface area contributed by atoms with Crippen LogP contribution in [0.25, 0.3) is 0 Å².